The molecule has 0 spiro atoms. The fourth-order valence-corrected chi connectivity index (χ4v) is 17.6. The van der Waals surface area contributed by atoms with Gasteiger partial charge >= 0.3 is 11.9 Å². The van der Waals surface area contributed by atoms with E-state index in [2.05, 4.69) is 55.0 Å². The summed E-state index contributed by atoms with van der Waals surface area (Å²) in [5, 5.41) is 94.2. The van der Waals surface area contributed by atoms with Crippen LogP contribution < -0.4 is 4.31 Å². The molecule has 133 heavy (non-hydrogen) atoms. The van der Waals surface area contributed by atoms with Crippen LogP contribution in [0.1, 0.15) is 275 Å². The number of sulfonamides is 1. The fourth-order valence-electron chi connectivity index (χ4n) is 17.3. The number of hydrogen-bond donors (Lipinski definition) is 9. The Morgan fingerprint density at radius 1 is 0.556 bits per heavy atom. The molecule has 5 aliphatic carbocycles. The van der Waals surface area contributed by atoms with Crippen molar-refractivity contribution in [3.63, 3.8) is 0 Å². The van der Waals surface area contributed by atoms with Gasteiger partial charge in [0.15, 0.2) is 0 Å². The van der Waals surface area contributed by atoms with Gasteiger partial charge in [-0.3, -0.25) is 33.8 Å². The monoisotopic (exact) mass is 1870 g/mol. The standard InChI is InChI=1S/C28H30FNO3.C28H46O5.C26H42O6.C25H34FN3O5S/c1-17(2)26(33)16-22(32)15-21(31)13-14-24-27(18-9-11-20(29)12-10-18)23-5-3-4-6-25(23)30-28(24)19-7-8-19;1-8-28(6,7)27(32)33-25-14-18(4)13-20-10-9-19(5)23(26(20)25)12-11-21(29)15-22(30)16-24(31)17(2)3;1-6-16(4)26(31)32-24-14-20(28)11-18-8-7-17(5)22(25(18)24)10-9-19(27)12-21(29)13-23(30)15(2)3;1-15(2)22(32)14-20(31)13-19(30)11-12-21-23(16(3)4)27-25(29(5)35(6,33)34)28-24(21)17-7-9-18(26)10-8-17/h3-6,9-14,17,19,21-22,31-32H,7-8,15-16H2,1-2H3;9-10,13,17-19,21-23,25-26,29-30H,8,11-12,14-16H2,1-7H3;7-8,11,15-17,19-22,24-25,27-29H,6,9-10,12-14H2,1-5H3;7-12,15-16,19-20,30-31H,13-14H2,1-6H3/b14-13+;;;12-11+/t21-,22-;18-,19-,21+,22+,23-,25-,26-;16-,17-,19+,20+,21+,22-,24-,25-;19-,20-/m1001/s1. The average molecular weight is 1870 g/mol. The van der Waals surface area contributed by atoms with Gasteiger partial charge < -0.3 is 55.4 Å². The van der Waals surface area contributed by atoms with Gasteiger partial charge in [-0.05, 0) is 179 Å². The van der Waals surface area contributed by atoms with E-state index in [1.165, 1.54) is 55.1 Å². The van der Waals surface area contributed by atoms with E-state index in [4.69, 9.17) is 14.5 Å². The van der Waals surface area contributed by atoms with Crippen LogP contribution in [0.3, 0.4) is 0 Å². The predicted octanol–water partition coefficient (Wildman–Crippen LogP) is 18.0. The zero-order valence-corrected chi connectivity index (χ0v) is 82.7. The Kier molecular flexibility index (Phi) is 43.2. The zero-order chi connectivity index (χ0) is 99.0. The summed E-state index contributed by atoms with van der Waals surface area (Å²) in [6, 6.07) is 19.9. The Morgan fingerprint density at radius 2 is 0.992 bits per heavy atom. The maximum atomic E-state index is 13.6. The number of fused-ring (bicyclic) bond motifs is 3. The number of allylic oxidation sites excluding steroid dienone is 5. The normalized spacial score (nSPS) is 22.2. The van der Waals surface area contributed by atoms with E-state index in [1.807, 2.05) is 105 Å². The second-order valence-electron chi connectivity index (χ2n) is 40.0. The van der Waals surface area contributed by atoms with Gasteiger partial charge in [0.2, 0.25) is 16.0 Å². The molecular weight excluding hydrogens is 1720 g/mol. The molecule has 2 heterocycles. The molecule has 734 valence electrons. The molecule has 19 atom stereocenters. The number of aliphatic hydroxyl groups excluding tert-OH is 9. The molecule has 2 aromatic heterocycles. The number of benzene rings is 3. The molecule has 0 radical (unpaired) electrons. The number of Topliss-reactive ketones (excluding diaryl/α,β-unsaturated/α-hetero) is 4. The zero-order valence-electron chi connectivity index (χ0n) is 81.9. The lowest BCUT2D eigenvalue weighted by atomic mass is 9.65. The molecule has 26 heteroatoms. The first kappa shape index (κ1) is 111. The average Bonchev–Trinajstić information content (AvgIpc) is 1.72. The van der Waals surface area contributed by atoms with Gasteiger partial charge in [-0.15, -0.1) is 0 Å². The van der Waals surface area contributed by atoms with Crippen LogP contribution in [-0.4, -0.2) is 185 Å². The van der Waals surface area contributed by atoms with Gasteiger partial charge in [-0.1, -0.05) is 202 Å². The molecule has 3 aromatic carbocycles. The second-order valence-corrected chi connectivity index (χ2v) is 42.0. The molecule has 5 aromatic rings. The van der Waals surface area contributed by atoms with E-state index in [1.54, 1.807) is 65.8 Å². The molecule has 0 saturated heterocycles. The van der Waals surface area contributed by atoms with Crippen LogP contribution in [0.5, 0.6) is 0 Å². The fraction of sp³-hybridized carbons (Fsp3) is 0.598. The van der Waals surface area contributed by atoms with E-state index in [-0.39, 0.29) is 169 Å². The minimum Gasteiger partial charge on any atom is -0.461 e. The Hall–Kier alpha value is -8.54. The lowest BCUT2D eigenvalue weighted by Crippen LogP contribution is -2.43. The van der Waals surface area contributed by atoms with Crippen LogP contribution in [0.4, 0.5) is 14.7 Å². The Bertz CT molecular complexity index is 4980. The molecule has 0 unspecified atom stereocenters. The highest BCUT2D eigenvalue weighted by atomic mass is 32.2. The van der Waals surface area contributed by atoms with Crippen molar-refractivity contribution in [1.82, 2.24) is 15.0 Å². The highest BCUT2D eigenvalue weighted by Gasteiger charge is 2.45. The van der Waals surface area contributed by atoms with Crippen LogP contribution in [-0.2, 0) is 48.3 Å². The lowest BCUT2D eigenvalue weighted by Gasteiger charge is -2.44. The first-order valence-corrected chi connectivity index (χ1v) is 49.9. The van der Waals surface area contributed by atoms with Gasteiger partial charge in [0.1, 0.15) is 47.0 Å². The third-order valence-electron chi connectivity index (χ3n) is 26.5. The summed E-state index contributed by atoms with van der Waals surface area (Å²) in [6.45, 7) is 34.3. The summed E-state index contributed by atoms with van der Waals surface area (Å²) in [4.78, 5) is 86.8. The van der Waals surface area contributed by atoms with Crippen molar-refractivity contribution in [2.45, 2.75) is 319 Å². The molecule has 0 bridgehead atoms. The number of hydrogen-bond acceptors (Lipinski definition) is 22. The molecular formula is C107H152F2N4O19S. The molecule has 5 aliphatic rings. The molecule has 0 amide bonds. The largest absolute Gasteiger partial charge is 0.461 e. The van der Waals surface area contributed by atoms with Crippen LogP contribution in [0.2, 0.25) is 0 Å². The first-order chi connectivity index (χ1) is 62.4. The van der Waals surface area contributed by atoms with Crippen molar-refractivity contribution < 1.29 is 101 Å². The maximum absolute atomic E-state index is 13.6. The van der Waals surface area contributed by atoms with Crippen molar-refractivity contribution in [2.75, 3.05) is 17.6 Å². The summed E-state index contributed by atoms with van der Waals surface area (Å²) in [5.41, 5.74) is 8.31. The number of carbonyl (C=O) groups excluding carboxylic acids is 6. The molecule has 1 saturated carbocycles. The van der Waals surface area contributed by atoms with Crippen LogP contribution in [0.15, 0.2) is 133 Å². The van der Waals surface area contributed by atoms with Crippen LogP contribution in [0, 0.1) is 88.1 Å². The summed E-state index contributed by atoms with van der Waals surface area (Å²) < 4.78 is 64.5. The van der Waals surface area contributed by atoms with Crippen LogP contribution in [0.25, 0.3) is 45.4 Å². The molecule has 0 aliphatic heterocycles. The minimum atomic E-state index is -3.64. The Labute approximate surface area is 788 Å². The lowest BCUT2D eigenvalue weighted by molar-refractivity contribution is -0.165. The number of ketones is 4. The van der Waals surface area contributed by atoms with E-state index in [0.29, 0.717) is 72.4 Å². The van der Waals surface area contributed by atoms with E-state index < -0.39 is 82.3 Å². The number of para-hydroxylation sites is 1. The van der Waals surface area contributed by atoms with Gasteiger partial charge in [0, 0.05) is 121 Å². The van der Waals surface area contributed by atoms with Gasteiger partial charge in [-0.25, -0.2) is 31.5 Å². The molecule has 10 rings (SSSR count). The topological polar surface area (TPSA) is 379 Å². The highest BCUT2D eigenvalue weighted by molar-refractivity contribution is 7.92. The number of nitrogens with zero attached hydrogens (tertiary/aromatic N) is 4. The van der Waals surface area contributed by atoms with E-state index >= 15 is 0 Å². The van der Waals surface area contributed by atoms with Crippen molar-refractivity contribution >= 4 is 74.1 Å². The number of halogens is 2. The Morgan fingerprint density at radius 3 is 1.43 bits per heavy atom. The van der Waals surface area contributed by atoms with Gasteiger partial charge in [0.05, 0.1) is 95.1 Å². The summed E-state index contributed by atoms with van der Waals surface area (Å²) >= 11 is 0. The third kappa shape index (κ3) is 33.7. The van der Waals surface area contributed by atoms with E-state index in [9.17, 15) is 91.9 Å². The quantitative estimate of drug-likeness (QED) is 0.0164. The number of anilines is 1. The first-order valence-electron chi connectivity index (χ1n) is 48.0. The summed E-state index contributed by atoms with van der Waals surface area (Å²) in [5.74, 6) is -0.386. The van der Waals surface area contributed by atoms with Crippen molar-refractivity contribution in [3.05, 3.63) is 167 Å². The molecule has 1 fully saturated rings. The molecule has 9 N–H and O–H groups in total. The number of ether oxygens (including phenoxy) is 2. The van der Waals surface area contributed by atoms with Crippen molar-refractivity contribution in [3.8, 4) is 22.4 Å². The van der Waals surface area contributed by atoms with Crippen LogP contribution >= 0.6 is 0 Å². The van der Waals surface area contributed by atoms with E-state index in [0.717, 1.165) is 81.5 Å². The highest BCUT2D eigenvalue weighted by Crippen LogP contribution is 2.49. The smallest absolute Gasteiger partial charge is 0.311 e. The SMILES string of the molecule is CC(C)C(=O)C[C@H](O)C[C@H](O)/C=C/c1c(-c2ccc(F)cc2)nc(N(C)S(C)(=O)=O)nc1C(C)C.CC(C)C(=O)C[C@H](O)C[C@H](O)/C=C/c1c(C2CC2)nc2ccccc2c1-c1ccc(F)cc1.CCC(C)(C)C(=O)O[C@H]1C[C@@H](C)C=C2C=C[C@H](C)[C@H](CC[C@@H](O)C[C@@H](O)CC(=O)C(C)C)[C@H]21.CC[C@H](C)C(=O)O[C@H]1C[C@H](O)C=C2C=C[C@H](C)[C@H](CC[C@@H](O)C[C@@H](O)CC(=O)C(C)C)[C@H]21. The van der Waals surface area contributed by atoms with Crippen molar-refractivity contribution in [1.29, 1.82) is 0 Å². The second kappa shape index (κ2) is 51.6. The summed E-state index contributed by atoms with van der Waals surface area (Å²) in [6.07, 6.45) is 20.2. The summed E-state index contributed by atoms with van der Waals surface area (Å²) in [7, 11) is -2.29. The predicted molar refractivity (Wildman–Crippen MR) is 519 cm³/mol. The number of carbonyl (C=O) groups is 6. The Balaban J connectivity index is 0.000000242. The van der Waals surface area contributed by atoms with Gasteiger partial charge in [-0.2, -0.15) is 0 Å². The van der Waals surface area contributed by atoms with Crippen molar-refractivity contribution in [2.24, 2.45) is 76.4 Å². The minimum absolute atomic E-state index is 0.00255. The number of rotatable bonds is 42. The number of aliphatic hydroxyl groups is 9. The number of esters is 2. The maximum Gasteiger partial charge on any atom is 0.311 e. The van der Waals surface area contributed by atoms with Gasteiger partial charge in [0.25, 0.3) is 0 Å². The number of aromatic nitrogens is 3. The molecule has 23 nitrogen and oxygen atoms in total. The number of pyridine rings is 1. The third-order valence-corrected chi connectivity index (χ3v) is 27.6.